The molecule has 2 saturated heterocycles. The van der Waals surface area contributed by atoms with E-state index in [1.165, 1.54) is 19.3 Å². The van der Waals surface area contributed by atoms with Crippen molar-refractivity contribution in [2.75, 3.05) is 24.6 Å². The van der Waals surface area contributed by atoms with Gasteiger partial charge in [-0.25, -0.2) is 17.5 Å². The van der Waals surface area contributed by atoms with Crippen LogP contribution in [0.4, 0.5) is 4.39 Å². The van der Waals surface area contributed by atoms with Crippen LogP contribution in [0, 0.1) is 5.92 Å². The summed E-state index contributed by atoms with van der Waals surface area (Å²) in [5.41, 5.74) is 2.81. The van der Waals surface area contributed by atoms with Crippen LogP contribution in [0.3, 0.4) is 0 Å². The third-order valence-corrected chi connectivity index (χ3v) is 10.5. The average molecular weight is 490 g/mol. The maximum absolute atomic E-state index is 15.3. The average Bonchev–Trinajstić information content (AvgIpc) is 3.30. The van der Waals surface area contributed by atoms with Gasteiger partial charge in [0.05, 0.1) is 41.2 Å². The molecule has 3 aliphatic carbocycles. The molecule has 10 heteroatoms. The van der Waals surface area contributed by atoms with E-state index >= 15 is 4.39 Å². The maximum Gasteiger partial charge on any atom is 0.153 e. The molecule has 0 spiro atoms. The first kappa shape index (κ1) is 20.4. The van der Waals surface area contributed by atoms with E-state index in [9.17, 15) is 8.42 Å². The summed E-state index contributed by atoms with van der Waals surface area (Å²) in [6, 6.07) is 3.80. The molecule has 5 fully saturated rings. The van der Waals surface area contributed by atoms with Gasteiger partial charge in [0, 0.05) is 28.9 Å². The van der Waals surface area contributed by atoms with Crippen molar-refractivity contribution in [1.82, 2.24) is 24.5 Å². The van der Waals surface area contributed by atoms with E-state index in [0.717, 1.165) is 28.1 Å². The molecule has 5 aliphatic rings. The van der Waals surface area contributed by atoms with Gasteiger partial charge in [0.2, 0.25) is 0 Å². The molecule has 0 radical (unpaired) electrons. The van der Waals surface area contributed by atoms with E-state index in [-0.39, 0.29) is 35.5 Å². The number of alkyl halides is 1. The van der Waals surface area contributed by atoms with Gasteiger partial charge in [-0.3, -0.25) is 9.58 Å². The Balaban J connectivity index is 1.17. The summed E-state index contributed by atoms with van der Waals surface area (Å²) in [6.07, 6.45) is 8.88. The van der Waals surface area contributed by atoms with Crippen LogP contribution in [0.5, 0.6) is 0 Å². The number of rotatable bonds is 4. The van der Waals surface area contributed by atoms with Gasteiger partial charge in [0.25, 0.3) is 0 Å². The second-order valence-electron chi connectivity index (χ2n) is 10.5. The summed E-state index contributed by atoms with van der Waals surface area (Å²) in [5, 5.41) is 10.7. The van der Waals surface area contributed by atoms with E-state index in [1.54, 1.807) is 6.20 Å². The van der Waals surface area contributed by atoms with Crippen LogP contribution in [-0.2, 0) is 15.4 Å². The number of halogens is 2. The molecule has 2 aliphatic heterocycles. The Bertz CT molecular complexity index is 1360. The minimum absolute atomic E-state index is 0.0498. The van der Waals surface area contributed by atoms with Gasteiger partial charge >= 0.3 is 0 Å². The maximum atomic E-state index is 15.3. The second-order valence-corrected chi connectivity index (χ2v) is 13.0. The van der Waals surface area contributed by atoms with Crippen LogP contribution in [0.2, 0.25) is 5.02 Å². The fourth-order valence-corrected chi connectivity index (χ4v) is 8.11. The molecule has 3 saturated carbocycles. The number of nitrogens with zero attached hydrogens (tertiary/aromatic N) is 5. The second kappa shape index (κ2) is 6.79. The number of hydrogen-bond acceptors (Lipinski definition) is 5. The molecule has 2 atom stereocenters. The van der Waals surface area contributed by atoms with Crippen LogP contribution in [0.1, 0.15) is 37.2 Å². The van der Waals surface area contributed by atoms with Crippen molar-refractivity contribution in [2.45, 2.75) is 49.4 Å². The lowest BCUT2D eigenvalue weighted by Crippen LogP contribution is -2.59. The highest BCUT2D eigenvalue weighted by molar-refractivity contribution is 7.92. The Morgan fingerprint density at radius 3 is 2.58 bits per heavy atom. The first-order valence-electron chi connectivity index (χ1n) is 11.6. The molecule has 0 N–H and O–H groups in total. The summed E-state index contributed by atoms with van der Waals surface area (Å²) in [4.78, 5) is 1.98. The van der Waals surface area contributed by atoms with E-state index < -0.39 is 16.0 Å². The zero-order chi connectivity index (χ0) is 22.5. The van der Waals surface area contributed by atoms with Crippen molar-refractivity contribution < 1.29 is 12.8 Å². The fraction of sp³-hybridized carbons (Fsp3) is 0.565. The summed E-state index contributed by atoms with van der Waals surface area (Å²) in [5.74, 6) is 0.848. The smallest absolute Gasteiger partial charge is 0.153 e. The van der Waals surface area contributed by atoms with E-state index in [2.05, 4.69) is 21.1 Å². The van der Waals surface area contributed by atoms with Crippen LogP contribution < -0.4 is 0 Å². The molecule has 33 heavy (non-hydrogen) atoms. The number of likely N-dealkylation sites (tertiary alicyclic amines) is 1. The van der Waals surface area contributed by atoms with Crippen molar-refractivity contribution in [2.24, 2.45) is 5.92 Å². The third kappa shape index (κ3) is 3.04. The minimum Gasteiger partial charge on any atom is -0.295 e. The Kier molecular flexibility index (Phi) is 4.20. The molecule has 0 unspecified atom stereocenters. The Morgan fingerprint density at radius 2 is 1.91 bits per heavy atom. The predicted molar refractivity (Wildman–Crippen MR) is 123 cm³/mol. The van der Waals surface area contributed by atoms with Gasteiger partial charge < -0.3 is 0 Å². The van der Waals surface area contributed by atoms with Gasteiger partial charge in [-0.2, -0.15) is 10.2 Å². The standard InChI is InChI=1S/C23H25ClFN5O2S/c24-20-3-15-8-27-30(16-9-26-29(10-16)23-5-14(6-23)7-23)22(15)4-19(20)18-1-2-28(11-21(18)25)17-12-33(31,32)13-17/h3-4,8-10,14,17-18,21H,1-2,5-7,11-13H2/t14?,18-,21+,23?/m0/s1. The number of sulfone groups is 1. The summed E-state index contributed by atoms with van der Waals surface area (Å²) in [6.45, 7) is 0.920. The van der Waals surface area contributed by atoms with E-state index in [1.807, 2.05) is 27.9 Å². The number of hydrogen-bond donors (Lipinski definition) is 0. The lowest BCUT2D eigenvalue weighted by Gasteiger charge is -2.61. The first-order valence-corrected chi connectivity index (χ1v) is 13.8. The Labute approximate surface area is 196 Å². The van der Waals surface area contributed by atoms with Crippen molar-refractivity contribution in [1.29, 1.82) is 0 Å². The molecule has 3 aromatic rings. The van der Waals surface area contributed by atoms with Crippen LogP contribution in [0.25, 0.3) is 16.6 Å². The van der Waals surface area contributed by atoms with Gasteiger partial charge in [-0.05, 0) is 55.8 Å². The number of piperidine rings is 1. The topological polar surface area (TPSA) is 73.0 Å². The van der Waals surface area contributed by atoms with Crippen molar-refractivity contribution >= 4 is 32.3 Å². The monoisotopic (exact) mass is 489 g/mol. The number of aromatic nitrogens is 4. The molecule has 7 nitrogen and oxygen atoms in total. The quantitative estimate of drug-likeness (QED) is 0.562. The normalized spacial score (nSPS) is 33.5. The van der Waals surface area contributed by atoms with Gasteiger partial charge in [-0.1, -0.05) is 11.6 Å². The summed E-state index contributed by atoms with van der Waals surface area (Å²) >= 11 is 6.61. The molecule has 8 rings (SSSR count). The zero-order valence-corrected chi connectivity index (χ0v) is 19.6. The Morgan fingerprint density at radius 1 is 1.12 bits per heavy atom. The van der Waals surface area contributed by atoms with Gasteiger partial charge in [-0.15, -0.1) is 0 Å². The van der Waals surface area contributed by atoms with Crippen molar-refractivity contribution in [3.63, 3.8) is 0 Å². The number of fused-ring (bicyclic) bond motifs is 1. The van der Waals surface area contributed by atoms with Crippen molar-refractivity contribution in [3.05, 3.63) is 41.3 Å². The Hall–Kier alpha value is -1.97. The summed E-state index contributed by atoms with van der Waals surface area (Å²) in [7, 11) is -2.92. The highest BCUT2D eigenvalue weighted by atomic mass is 35.5. The van der Waals surface area contributed by atoms with Crippen LogP contribution in [-0.4, -0.2) is 69.7 Å². The molecule has 0 amide bonds. The van der Waals surface area contributed by atoms with Crippen LogP contribution in [0.15, 0.2) is 30.7 Å². The van der Waals surface area contributed by atoms with Crippen molar-refractivity contribution in [3.8, 4) is 5.69 Å². The molecule has 4 heterocycles. The SMILES string of the molecule is O=S1(=O)CC(N2CC[C@@H](c3cc4c(cnn4-c4cnn(C56CC(C5)C6)c4)cc3Cl)[C@H](F)C2)C1. The predicted octanol–water partition coefficient (Wildman–Crippen LogP) is 3.31. The van der Waals surface area contributed by atoms with E-state index in [0.29, 0.717) is 18.0 Å². The lowest BCUT2D eigenvalue weighted by molar-refractivity contribution is -0.0977. The fourth-order valence-electron chi connectivity index (χ4n) is 6.31. The highest BCUT2D eigenvalue weighted by Crippen LogP contribution is 2.62. The molecule has 2 bridgehead atoms. The molecule has 1 aromatic carbocycles. The lowest BCUT2D eigenvalue weighted by atomic mass is 9.50. The number of benzene rings is 1. The third-order valence-electron chi connectivity index (χ3n) is 8.37. The minimum atomic E-state index is -2.92. The molecular weight excluding hydrogens is 465 g/mol. The summed E-state index contributed by atoms with van der Waals surface area (Å²) < 4.78 is 42.3. The highest BCUT2D eigenvalue weighted by Gasteiger charge is 2.58. The largest absolute Gasteiger partial charge is 0.295 e. The molecular formula is C23H25ClFN5O2S. The van der Waals surface area contributed by atoms with Gasteiger partial charge in [0.1, 0.15) is 11.9 Å². The first-order chi connectivity index (χ1) is 15.8. The molecule has 2 aromatic heterocycles. The zero-order valence-electron chi connectivity index (χ0n) is 18.1. The van der Waals surface area contributed by atoms with E-state index in [4.69, 9.17) is 11.6 Å². The van der Waals surface area contributed by atoms with Crippen LogP contribution >= 0.6 is 11.6 Å². The van der Waals surface area contributed by atoms with Gasteiger partial charge in [0.15, 0.2) is 9.84 Å². The molecule has 174 valence electrons.